The van der Waals surface area contributed by atoms with Crippen LogP contribution in [0.1, 0.15) is 26.2 Å². The summed E-state index contributed by atoms with van der Waals surface area (Å²) in [6, 6.07) is 4.62. The van der Waals surface area contributed by atoms with Crippen molar-refractivity contribution >= 4 is 33.2 Å². The Morgan fingerprint density at radius 3 is 2.90 bits per heavy atom. The molecule has 0 radical (unpaired) electrons. The van der Waals surface area contributed by atoms with Gasteiger partial charge in [0.2, 0.25) is 5.91 Å². The molecule has 1 heterocycles. The predicted octanol–water partition coefficient (Wildman–Crippen LogP) is 3.08. The second kappa shape index (κ2) is 6.53. The lowest BCUT2D eigenvalue weighted by atomic mass is 9.81. The van der Waals surface area contributed by atoms with Crippen molar-refractivity contribution < 1.29 is 9.72 Å². The summed E-state index contributed by atoms with van der Waals surface area (Å²) < 4.78 is 0.399. The van der Waals surface area contributed by atoms with Crippen LogP contribution in [0.2, 0.25) is 0 Å². The van der Waals surface area contributed by atoms with Gasteiger partial charge in [-0.2, -0.15) is 0 Å². The summed E-state index contributed by atoms with van der Waals surface area (Å²) in [7, 11) is 0. The van der Waals surface area contributed by atoms with E-state index in [1.54, 1.807) is 12.1 Å². The molecule has 0 aliphatic carbocycles. The summed E-state index contributed by atoms with van der Waals surface area (Å²) in [5.41, 5.74) is -0.00414. The second-order valence-electron chi connectivity index (χ2n) is 5.33. The molecule has 0 saturated carbocycles. The summed E-state index contributed by atoms with van der Waals surface area (Å²) in [6.45, 7) is 3.54. The highest BCUT2D eigenvalue weighted by Gasteiger charge is 2.40. The van der Waals surface area contributed by atoms with Gasteiger partial charge in [-0.25, -0.2) is 0 Å². The molecule has 114 valence electrons. The van der Waals surface area contributed by atoms with E-state index in [1.165, 1.54) is 6.07 Å². The molecule has 0 aromatic heterocycles. The third-order valence-corrected chi connectivity index (χ3v) is 4.53. The zero-order chi connectivity index (χ0) is 15.5. The van der Waals surface area contributed by atoms with Gasteiger partial charge in [0.15, 0.2) is 0 Å². The van der Waals surface area contributed by atoms with Crippen molar-refractivity contribution in [3.8, 4) is 0 Å². The van der Waals surface area contributed by atoms with Crippen LogP contribution in [-0.4, -0.2) is 23.9 Å². The summed E-state index contributed by atoms with van der Waals surface area (Å²) >= 11 is 3.13. The SMILES string of the molecule is CCCC1(C(=O)Nc2ccc(Br)c([N+](=O)[O-])c2)CCNC1. The largest absolute Gasteiger partial charge is 0.325 e. The Balaban J connectivity index is 2.19. The summed E-state index contributed by atoms with van der Waals surface area (Å²) in [6.07, 6.45) is 2.53. The first-order valence-corrected chi connectivity index (χ1v) is 7.74. The van der Waals surface area contributed by atoms with Crippen LogP contribution in [0.5, 0.6) is 0 Å². The van der Waals surface area contributed by atoms with E-state index in [-0.39, 0.29) is 11.6 Å². The summed E-state index contributed by atoms with van der Waals surface area (Å²) in [5, 5.41) is 17.0. The number of hydrogen-bond donors (Lipinski definition) is 2. The summed E-state index contributed by atoms with van der Waals surface area (Å²) in [5.74, 6) is -0.0639. The maximum Gasteiger partial charge on any atom is 0.285 e. The number of carbonyl (C=O) groups is 1. The first kappa shape index (κ1) is 15.9. The van der Waals surface area contributed by atoms with Gasteiger partial charge in [0.05, 0.1) is 14.8 Å². The van der Waals surface area contributed by atoms with Crippen LogP contribution in [-0.2, 0) is 4.79 Å². The molecule has 6 nitrogen and oxygen atoms in total. The van der Waals surface area contributed by atoms with Crippen LogP contribution in [0, 0.1) is 15.5 Å². The molecule has 1 aromatic rings. The molecule has 1 aliphatic heterocycles. The van der Waals surface area contributed by atoms with Crippen LogP contribution in [0.15, 0.2) is 22.7 Å². The lowest BCUT2D eigenvalue weighted by Gasteiger charge is -2.26. The van der Waals surface area contributed by atoms with Gasteiger partial charge in [-0.1, -0.05) is 13.3 Å². The molecular formula is C14H18BrN3O3. The molecule has 0 spiro atoms. The number of nitrogens with one attached hydrogen (secondary N) is 2. The van der Waals surface area contributed by atoms with Crippen LogP contribution in [0.4, 0.5) is 11.4 Å². The number of carbonyl (C=O) groups excluding carboxylic acids is 1. The maximum atomic E-state index is 12.6. The molecule has 1 saturated heterocycles. The van der Waals surface area contributed by atoms with Gasteiger partial charge in [0.25, 0.3) is 5.69 Å². The second-order valence-corrected chi connectivity index (χ2v) is 6.19. The van der Waals surface area contributed by atoms with Gasteiger partial charge < -0.3 is 10.6 Å². The standard InChI is InChI=1S/C14H18BrN3O3/c1-2-5-14(6-7-16-9-14)13(19)17-10-3-4-11(15)12(8-10)18(20)21/h3-4,8,16H,2,5-7,9H2,1H3,(H,17,19). The van der Waals surface area contributed by atoms with Crippen LogP contribution < -0.4 is 10.6 Å². The zero-order valence-corrected chi connectivity index (χ0v) is 13.4. The summed E-state index contributed by atoms with van der Waals surface area (Å²) in [4.78, 5) is 23.0. The third-order valence-electron chi connectivity index (χ3n) is 3.85. The zero-order valence-electron chi connectivity index (χ0n) is 11.8. The topological polar surface area (TPSA) is 84.3 Å². The molecule has 1 aliphatic rings. The lowest BCUT2D eigenvalue weighted by Crippen LogP contribution is -2.38. The van der Waals surface area contributed by atoms with Crippen LogP contribution in [0.3, 0.4) is 0 Å². The Bertz CT molecular complexity index is 556. The third kappa shape index (κ3) is 3.41. The van der Waals surface area contributed by atoms with Crippen molar-refractivity contribution in [2.45, 2.75) is 26.2 Å². The molecule has 1 atom stereocenters. The van der Waals surface area contributed by atoms with E-state index in [1.807, 2.05) is 0 Å². The number of nitrogens with zero attached hydrogens (tertiary/aromatic N) is 1. The van der Waals surface area contributed by atoms with E-state index in [9.17, 15) is 14.9 Å². The van der Waals surface area contributed by atoms with E-state index < -0.39 is 10.3 Å². The lowest BCUT2D eigenvalue weighted by molar-refractivity contribution is -0.385. The molecule has 1 fully saturated rings. The molecule has 7 heteroatoms. The Kier molecular flexibility index (Phi) is 4.95. The average Bonchev–Trinajstić information content (AvgIpc) is 2.91. The van der Waals surface area contributed by atoms with Gasteiger partial charge >= 0.3 is 0 Å². The van der Waals surface area contributed by atoms with Crippen molar-refractivity contribution in [1.82, 2.24) is 5.32 Å². The normalized spacial score (nSPS) is 21.2. The van der Waals surface area contributed by atoms with Crippen LogP contribution >= 0.6 is 15.9 Å². The molecule has 2 rings (SSSR count). The number of amides is 1. The van der Waals surface area contributed by atoms with E-state index in [0.717, 1.165) is 25.8 Å². The van der Waals surface area contributed by atoms with E-state index in [4.69, 9.17) is 0 Å². The molecular weight excluding hydrogens is 338 g/mol. The number of rotatable bonds is 5. The smallest absolute Gasteiger partial charge is 0.285 e. The van der Waals surface area contributed by atoms with Crippen molar-refractivity contribution in [3.63, 3.8) is 0 Å². The van der Waals surface area contributed by atoms with Gasteiger partial charge in [-0.05, 0) is 47.4 Å². The van der Waals surface area contributed by atoms with Gasteiger partial charge in [-0.15, -0.1) is 0 Å². The molecule has 0 bridgehead atoms. The van der Waals surface area contributed by atoms with E-state index >= 15 is 0 Å². The van der Waals surface area contributed by atoms with E-state index in [2.05, 4.69) is 33.5 Å². The number of nitro groups is 1. The molecule has 2 N–H and O–H groups in total. The van der Waals surface area contributed by atoms with Crippen LogP contribution in [0.25, 0.3) is 0 Å². The first-order valence-electron chi connectivity index (χ1n) is 6.94. The minimum Gasteiger partial charge on any atom is -0.325 e. The molecule has 1 aromatic carbocycles. The highest BCUT2D eigenvalue weighted by molar-refractivity contribution is 9.10. The highest BCUT2D eigenvalue weighted by Crippen LogP contribution is 2.34. The van der Waals surface area contributed by atoms with Gasteiger partial charge in [-0.3, -0.25) is 14.9 Å². The molecule has 21 heavy (non-hydrogen) atoms. The first-order chi connectivity index (χ1) is 9.98. The fourth-order valence-corrected chi connectivity index (χ4v) is 3.13. The fourth-order valence-electron chi connectivity index (χ4n) is 2.74. The minimum atomic E-state index is -0.474. The Morgan fingerprint density at radius 1 is 1.57 bits per heavy atom. The van der Waals surface area contributed by atoms with Gasteiger partial charge in [0, 0.05) is 18.3 Å². The van der Waals surface area contributed by atoms with Crippen molar-refractivity contribution in [1.29, 1.82) is 0 Å². The molecule has 1 amide bonds. The number of anilines is 1. The molecule has 1 unspecified atom stereocenters. The predicted molar refractivity (Wildman–Crippen MR) is 84.3 cm³/mol. The van der Waals surface area contributed by atoms with Gasteiger partial charge in [0.1, 0.15) is 0 Å². The number of benzene rings is 1. The maximum absolute atomic E-state index is 12.6. The number of nitro benzene ring substituents is 1. The Labute approximate surface area is 131 Å². The quantitative estimate of drug-likeness (QED) is 0.627. The van der Waals surface area contributed by atoms with Crippen molar-refractivity contribution in [2.75, 3.05) is 18.4 Å². The fraction of sp³-hybridized carbons (Fsp3) is 0.500. The number of hydrogen-bond acceptors (Lipinski definition) is 4. The van der Waals surface area contributed by atoms with E-state index in [0.29, 0.717) is 16.7 Å². The Hall–Kier alpha value is -1.47. The van der Waals surface area contributed by atoms with Crippen molar-refractivity contribution in [2.24, 2.45) is 5.41 Å². The number of halogens is 1. The Morgan fingerprint density at radius 2 is 2.33 bits per heavy atom. The average molecular weight is 356 g/mol. The van der Waals surface area contributed by atoms with Crippen molar-refractivity contribution in [3.05, 3.63) is 32.8 Å². The highest BCUT2D eigenvalue weighted by atomic mass is 79.9. The minimum absolute atomic E-state index is 0.0538. The monoisotopic (exact) mass is 355 g/mol.